The molecule has 1 aliphatic heterocycles. The summed E-state index contributed by atoms with van der Waals surface area (Å²) in [5, 5.41) is 3.18. The number of benzene rings is 2. The molecule has 1 N–H and O–H groups in total. The minimum Gasteiger partial charge on any atom is -0.343 e. The quantitative estimate of drug-likeness (QED) is 0.776. The van der Waals surface area contributed by atoms with Gasteiger partial charge in [0.05, 0.1) is 17.5 Å². The molecule has 2 aliphatic rings. The van der Waals surface area contributed by atoms with Crippen molar-refractivity contribution in [1.82, 2.24) is 5.32 Å². The molecule has 0 aromatic heterocycles. The van der Waals surface area contributed by atoms with Crippen LogP contribution in [0.2, 0.25) is 0 Å². The van der Waals surface area contributed by atoms with E-state index in [1.807, 2.05) is 30.3 Å². The van der Waals surface area contributed by atoms with Gasteiger partial charge in [-0.15, -0.1) is 0 Å². The highest BCUT2D eigenvalue weighted by Gasteiger charge is 2.45. The number of hydrogen-bond acceptors (Lipinski definition) is 3. The molecule has 1 saturated carbocycles. The van der Waals surface area contributed by atoms with Gasteiger partial charge < -0.3 is 5.32 Å². The number of carbonyl (C=O) groups is 1. The summed E-state index contributed by atoms with van der Waals surface area (Å²) in [6.07, 6.45) is 4.60. The molecule has 5 nitrogen and oxygen atoms in total. The second-order valence-electron chi connectivity index (χ2n) is 7.33. The fourth-order valence-electron chi connectivity index (χ4n) is 3.72. The number of hydrogen-bond donors (Lipinski definition) is 1. The second-order valence-corrected chi connectivity index (χ2v) is 10.1. The zero-order valence-electron chi connectivity index (χ0n) is 15.0. The van der Waals surface area contributed by atoms with Gasteiger partial charge in [-0.05, 0) is 67.1 Å². The number of anilines is 1. The summed E-state index contributed by atoms with van der Waals surface area (Å²) < 4.78 is 26.4. The topological polar surface area (TPSA) is 66.5 Å². The van der Waals surface area contributed by atoms with Crippen LogP contribution in [0.3, 0.4) is 0 Å². The zero-order chi connectivity index (χ0) is 19.2. The summed E-state index contributed by atoms with van der Waals surface area (Å²) in [7, 11) is -3.30. The molecule has 0 bridgehead atoms. The summed E-state index contributed by atoms with van der Waals surface area (Å²) in [5.74, 6) is -0.116. The zero-order valence-corrected chi connectivity index (χ0v) is 17.4. The molecule has 1 amide bonds. The number of aryl methyl sites for hydroxylation is 1. The van der Waals surface area contributed by atoms with Crippen LogP contribution in [0.25, 0.3) is 0 Å². The van der Waals surface area contributed by atoms with Crippen molar-refractivity contribution in [2.75, 3.05) is 17.1 Å². The first-order valence-corrected chi connectivity index (χ1v) is 11.6. The molecule has 1 heterocycles. The Bertz CT molecular complexity index is 998. The lowest BCUT2D eigenvalue weighted by Crippen LogP contribution is -2.36. The molecule has 4 rings (SSSR count). The van der Waals surface area contributed by atoms with Gasteiger partial charge in [-0.3, -0.25) is 9.10 Å². The molecular formula is C20H21BrN2O3S. The number of carbonyl (C=O) groups excluding carboxylic acids is 1. The fourth-order valence-corrected chi connectivity index (χ4v) is 4.98. The molecule has 2 aromatic rings. The van der Waals surface area contributed by atoms with E-state index in [1.54, 1.807) is 12.1 Å². The Hall–Kier alpha value is -1.86. The van der Waals surface area contributed by atoms with E-state index in [1.165, 1.54) is 10.6 Å². The highest BCUT2D eigenvalue weighted by atomic mass is 79.9. The van der Waals surface area contributed by atoms with Gasteiger partial charge in [0, 0.05) is 16.6 Å². The van der Waals surface area contributed by atoms with Crippen LogP contribution >= 0.6 is 15.9 Å². The average molecular weight is 449 g/mol. The van der Waals surface area contributed by atoms with Crippen molar-refractivity contribution in [1.29, 1.82) is 0 Å². The van der Waals surface area contributed by atoms with Gasteiger partial charge in [0.2, 0.25) is 10.0 Å². The Labute approximate surface area is 167 Å². The standard InChI is InChI=1S/C20H21BrN2O3S/c1-27(25,26)23-12-2-3-14-13-15(4-9-18(14)23)19(24)22-20(10-11-20)16-5-7-17(21)8-6-16/h4-9,13H,2-3,10-12H2,1H3,(H,22,24). The summed E-state index contributed by atoms with van der Waals surface area (Å²) in [5.41, 5.74) is 3.00. The molecule has 1 fully saturated rings. The van der Waals surface area contributed by atoms with Crippen LogP contribution in [-0.4, -0.2) is 27.1 Å². The molecule has 2 aromatic carbocycles. The van der Waals surface area contributed by atoms with Gasteiger partial charge in [0.25, 0.3) is 5.91 Å². The van der Waals surface area contributed by atoms with Crippen molar-refractivity contribution in [3.8, 4) is 0 Å². The predicted molar refractivity (Wildman–Crippen MR) is 109 cm³/mol. The number of nitrogens with zero attached hydrogens (tertiary/aromatic N) is 1. The van der Waals surface area contributed by atoms with Crippen LogP contribution in [-0.2, 0) is 22.0 Å². The maximum atomic E-state index is 12.9. The number of rotatable bonds is 4. The van der Waals surface area contributed by atoms with Crippen LogP contribution in [0.5, 0.6) is 0 Å². The molecular weight excluding hydrogens is 428 g/mol. The molecule has 142 valence electrons. The summed E-state index contributed by atoms with van der Waals surface area (Å²) in [6.45, 7) is 0.490. The molecule has 0 spiro atoms. The normalized spacial score (nSPS) is 17.9. The minimum atomic E-state index is -3.30. The van der Waals surface area contributed by atoms with E-state index >= 15 is 0 Å². The van der Waals surface area contributed by atoms with Gasteiger partial charge in [-0.2, -0.15) is 0 Å². The van der Waals surface area contributed by atoms with Crippen LogP contribution in [0.1, 0.15) is 40.7 Å². The number of nitrogens with one attached hydrogen (secondary N) is 1. The number of amides is 1. The largest absolute Gasteiger partial charge is 0.343 e. The smallest absolute Gasteiger partial charge is 0.251 e. The third kappa shape index (κ3) is 3.62. The highest BCUT2D eigenvalue weighted by molar-refractivity contribution is 9.10. The van der Waals surface area contributed by atoms with Crippen molar-refractivity contribution in [3.05, 3.63) is 63.6 Å². The summed E-state index contributed by atoms with van der Waals surface area (Å²) in [4.78, 5) is 12.9. The second kappa shape index (κ2) is 6.63. The third-order valence-corrected chi connectivity index (χ3v) is 7.03. The number of sulfonamides is 1. The Morgan fingerprint density at radius 2 is 1.85 bits per heavy atom. The Morgan fingerprint density at radius 3 is 2.48 bits per heavy atom. The molecule has 0 radical (unpaired) electrons. The fraction of sp³-hybridized carbons (Fsp3) is 0.350. The average Bonchev–Trinajstić information content (AvgIpc) is 3.41. The minimum absolute atomic E-state index is 0.116. The maximum absolute atomic E-state index is 12.9. The molecule has 27 heavy (non-hydrogen) atoms. The van der Waals surface area contributed by atoms with E-state index in [-0.39, 0.29) is 11.4 Å². The van der Waals surface area contributed by atoms with Crippen molar-refractivity contribution in [2.24, 2.45) is 0 Å². The van der Waals surface area contributed by atoms with Gasteiger partial charge in [0.15, 0.2) is 0 Å². The maximum Gasteiger partial charge on any atom is 0.251 e. The van der Waals surface area contributed by atoms with E-state index in [4.69, 9.17) is 0 Å². The summed E-state index contributed by atoms with van der Waals surface area (Å²) in [6, 6.07) is 13.3. The van der Waals surface area contributed by atoms with Crippen molar-refractivity contribution < 1.29 is 13.2 Å². The predicted octanol–water partition coefficient (Wildman–Crippen LogP) is 3.58. The van der Waals surface area contributed by atoms with Crippen LogP contribution < -0.4 is 9.62 Å². The van der Waals surface area contributed by atoms with Crippen LogP contribution in [0, 0.1) is 0 Å². The molecule has 0 atom stereocenters. The van der Waals surface area contributed by atoms with Crippen LogP contribution in [0.4, 0.5) is 5.69 Å². The lowest BCUT2D eigenvalue weighted by Gasteiger charge is -2.29. The SMILES string of the molecule is CS(=O)(=O)N1CCCc2cc(C(=O)NC3(c4ccc(Br)cc4)CC3)ccc21. The van der Waals surface area contributed by atoms with Gasteiger partial charge in [-0.1, -0.05) is 28.1 Å². The third-order valence-electron chi connectivity index (χ3n) is 5.32. The Kier molecular flexibility index (Phi) is 4.55. The molecule has 0 saturated heterocycles. The molecule has 1 aliphatic carbocycles. The van der Waals surface area contributed by atoms with Crippen molar-refractivity contribution in [2.45, 2.75) is 31.2 Å². The van der Waals surface area contributed by atoms with Crippen LogP contribution in [0.15, 0.2) is 46.9 Å². The van der Waals surface area contributed by atoms with E-state index < -0.39 is 10.0 Å². The first-order valence-electron chi connectivity index (χ1n) is 8.98. The van der Waals surface area contributed by atoms with Crippen molar-refractivity contribution in [3.63, 3.8) is 0 Å². The van der Waals surface area contributed by atoms with Gasteiger partial charge in [0.1, 0.15) is 0 Å². The highest BCUT2D eigenvalue weighted by Crippen LogP contribution is 2.46. The number of fused-ring (bicyclic) bond motifs is 1. The van der Waals surface area contributed by atoms with E-state index in [0.717, 1.165) is 41.3 Å². The monoisotopic (exact) mass is 448 g/mol. The first-order chi connectivity index (χ1) is 12.8. The van der Waals surface area contributed by atoms with Gasteiger partial charge in [-0.25, -0.2) is 8.42 Å². The molecule has 7 heteroatoms. The van der Waals surface area contributed by atoms with E-state index in [0.29, 0.717) is 17.8 Å². The summed E-state index contributed by atoms with van der Waals surface area (Å²) >= 11 is 3.44. The van der Waals surface area contributed by atoms with Gasteiger partial charge >= 0.3 is 0 Å². The first kappa shape index (κ1) is 18.5. The van der Waals surface area contributed by atoms with E-state index in [2.05, 4.69) is 21.2 Å². The molecule has 0 unspecified atom stereocenters. The number of halogens is 1. The lowest BCUT2D eigenvalue weighted by atomic mass is 9.99. The van der Waals surface area contributed by atoms with E-state index in [9.17, 15) is 13.2 Å². The van der Waals surface area contributed by atoms with Crippen molar-refractivity contribution >= 4 is 37.5 Å². The Balaban J connectivity index is 1.58. The lowest BCUT2D eigenvalue weighted by molar-refractivity contribution is 0.0930. The Morgan fingerprint density at radius 1 is 1.15 bits per heavy atom.